The molecule has 6 nitrogen and oxygen atoms in total. The first-order chi connectivity index (χ1) is 5.20. The van der Waals surface area contributed by atoms with Crippen molar-refractivity contribution in [1.82, 2.24) is 0 Å². The number of aliphatic carboxylic acids is 3. The van der Waals surface area contributed by atoms with Gasteiger partial charge in [0.05, 0.1) is 0 Å². The number of carbonyl (C=O) groups is 3. The third kappa shape index (κ3) is 19600. The van der Waals surface area contributed by atoms with Crippen molar-refractivity contribution in [3.63, 3.8) is 0 Å². The van der Waals surface area contributed by atoms with E-state index in [4.69, 9.17) is 29.7 Å². The number of carboxylic acids is 3. The molecule has 0 aliphatic heterocycles. The molecule has 13 heavy (non-hydrogen) atoms. The van der Waals surface area contributed by atoms with Crippen LogP contribution in [0.1, 0.15) is 20.8 Å². The second-order valence-corrected chi connectivity index (χ2v) is 1.56. The van der Waals surface area contributed by atoms with E-state index in [-0.39, 0.29) is 40.8 Å². The van der Waals surface area contributed by atoms with E-state index in [0.717, 1.165) is 20.8 Å². The first-order valence-electron chi connectivity index (χ1n) is 2.78. The summed E-state index contributed by atoms with van der Waals surface area (Å²) in [4.78, 5) is 27.0. The van der Waals surface area contributed by atoms with Crippen LogP contribution in [0.2, 0.25) is 0 Å². The Morgan fingerprint density at radius 2 is 0.692 bits per heavy atom. The molecule has 0 radical (unpaired) electrons. The summed E-state index contributed by atoms with van der Waals surface area (Å²) < 4.78 is 0. The van der Waals surface area contributed by atoms with Crippen LogP contribution in [0.25, 0.3) is 0 Å². The average Bonchev–Trinajstić information content (AvgIpc) is 1.54. The maximum Gasteiger partial charge on any atom is 0.300 e. The molecule has 0 bridgehead atoms. The maximum absolute atomic E-state index is 9.00. The third-order valence-electron chi connectivity index (χ3n) is 0. The molecule has 0 amide bonds. The topological polar surface area (TPSA) is 112 Å². The van der Waals surface area contributed by atoms with Gasteiger partial charge >= 0.3 is 0 Å². The van der Waals surface area contributed by atoms with Crippen LogP contribution >= 0.6 is 0 Å². The Hall–Kier alpha value is -0.239. The molecule has 0 aliphatic rings. The number of carboxylic acid groups (broad SMARTS) is 3. The van der Waals surface area contributed by atoms with Crippen LogP contribution in [0.5, 0.6) is 0 Å². The first kappa shape index (κ1) is 23.0. The van der Waals surface area contributed by atoms with Crippen molar-refractivity contribution in [2.75, 3.05) is 0 Å². The van der Waals surface area contributed by atoms with Crippen LogP contribution in [0, 0.1) is 40.8 Å². The molecule has 0 spiro atoms. The van der Waals surface area contributed by atoms with Gasteiger partial charge in [0.1, 0.15) is 0 Å². The number of hydrogen-bond donors (Lipinski definition) is 3. The molecule has 0 rings (SSSR count). The standard InChI is InChI=1S/3C2H4O2.Nd/c3*1-2(3)4;/h3*1H3,(H,3,4);. The monoisotopic (exact) mass is 322 g/mol. The van der Waals surface area contributed by atoms with Gasteiger partial charge in [0.2, 0.25) is 0 Å². The van der Waals surface area contributed by atoms with Crippen LogP contribution in [0.15, 0.2) is 0 Å². The Kier molecular flexibility index (Phi) is 31.4. The Morgan fingerprint density at radius 3 is 0.692 bits per heavy atom. The van der Waals surface area contributed by atoms with Crippen LogP contribution in [0.3, 0.4) is 0 Å². The molecule has 0 heterocycles. The van der Waals surface area contributed by atoms with E-state index in [1.165, 1.54) is 0 Å². The Bertz CT molecular complexity index is 115. The largest absolute Gasteiger partial charge is 0.481 e. The van der Waals surface area contributed by atoms with Gasteiger partial charge in [-0.15, -0.1) is 0 Å². The van der Waals surface area contributed by atoms with Gasteiger partial charge in [0, 0.05) is 61.6 Å². The van der Waals surface area contributed by atoms with Crippen LogP contribution in [0.4, 0.5) is 0 Å². The summed E-state index contributed by atoms with van der Waals surface area (Å²) in [5, 5.41) is 22.2. The molecule has 7 heteroatoms. The fraction of sp³-hybridized carbons (Fsp3) is 0.500. The minimum Gasteiger partial charge on any atom is -0.481 e. The smallest absolute Gasteiger partial charge is 0.300 e. The van der Waals surface area contributed by atoms with E-state index in [2.05, 4.69) is 0 Å². The van der Waals surface area contributed by atoms with Gasteiger partial charge in [-0.2, -0.15) is 0 Å². The van der Waals surface area contributed by atoms with Crippen molar-refractivity contribution in [2.45, 2.75) is 20.8 Å². The van der Waals surface area contributed by atoms with Gasteiger partial charge in [0.15, 0.2) is 0 Å². The van der Waals surface area contributed by atoms with Crippen molar-refractivity contribution in [2.24, 2.45) is 0 Å². The van der Waals surface area contributed by atoms with Gasteiger partial charge in [-0.3, -0.25) is 14.4 Å². The Labute approximate surface area is 108 Å². The zero-order valence-electron chi connectivity index (χ0n) is 7.57. The van der Waals surface area contributed by atoms with E-state index in [9.17, 15) is 0 Å². The van der Waals surface area contributed by atoms with Gasteiger partial charge < -0.3 is 15.3 Å². The van der Waals surface area contributed by atoms with E-state index in [0.29, 0.717) is 0 Å². The summed E-state index contributed by atoms with van der Waals surface area (Å²) in [6.07, 6.45) is 0. The molecule has 0 fully saturated rings. The summed E-state index contributed by atoms with van der Waals surface area (Å²) >= 11 is 0. The zero-order valence-corrected chi connectivity index (χ0v) is 10.8. The van der Waals surface area contributed by atoms with Gasteiger partial charge in [-0.1, -0.05) is 0 Å². The van der Waals surface area contributed by atoms with Gasteiger partial charge in [0.25, 0.3) is 17.9 Å². The van der Waals surface area contributed by atoms with Crippen molar-refractivity contribution in [3.05, 3.63) is 0 Å². The molecular formula is C6H12NdO6. The first-order valence-corrected chi connectivity index (χ1v) is 2.78. The van der Waals surface area contributed by atoms with Crippen molar-refractivity contribution >= 4 is 17.9 Å². The second-order valence-electron chi connectivity index (χ2n) is 1.56. The number of hydrogen-bond acceptors (Lipinski definition) is 3. The maximum atomic E-state index is 9.00. The fourth-order valence-electron chi connectivity index (χ4n) is 0. The molecule has 76 valence electrons. The van der Waals surface area contributed by atoms with E-state index in [1.54, 1.807) is 0 Å². The Balaban J connectivity index is -0.0000000450. The minimum atomic E-state index is -0.833. The zero-order chi connectivity index (χ0) is 10.7. The fourth-order valence-corrected chi connectivity index (χ4v) is 0. The predicted molar refractivity (Wildman–Crippen MR) is 39.9 cm³/mol. The summed E-state index contributed by atoms with van der Waals surface area (Å²) in [5.41, 5.74) is 0. The van der Waals surface area contributed by atoms with Gasteiger partial charge in [-0.25, -0.2) is 0 Å². The summed E-state index contributed by atoms with van der Waals surface area (Å²) in [7, 11) is 0. The van der Waals surface area contributed by atoms with Crippen molar-refractivity contribution < 1.29 is 70.5 Å². The summed E-state index contributed by atoms with van der Waals surface area (Å²) in [6.45, 7) is 3.25. The molecule has 0 aromatic rings. The molecular weight excluding hydrogens is 312 g/mol. The van der Waals surface area contributed by atoms with Crippen molar-refractivity contribution in [3.8, 4) is 0 Å². The second kappa shape index (κ2) is 17.7. The predicted octanol–water partition coefficient (Wildman–Crippen LogP) is 0.273. The van der Waals surface area contributed by atoms with E-state index < -0.39 is 17.9 Å². The molecule has 0 aliphatic carbocycles. The third-order valence-corrected chi connectivity index (χ3v) is 0. The molecule has 0 saturated carbocycles. The Morgan fingerprint density at radius 1 is 0.692 bits per heavy atom. The summed E-state index contributed by atoms with van der Waals surface area (Å²) in [5.74, 6) is -2.50. The molecule has 0 unspecified atom stereocenters. The minimum absolute atomic E-state index is 0. The number of rotatable bonds is 0. The molecule has 0 saturated heterocycles. The molecule has 0 aromatic heterocycles. The molecule has 0 aromatic carbocycles. The van der Waals surface area contributed by atoms with E-state index in [1.807, 2.05) is 0 Å². The average molecular weight is 324 g/mol. The van der Waals surface area contributed by atoms with Gasteiger partial charge in [-0.05, 0) is 0 Å². The normalized spacial score (nSPS) is 5.77. The van der Waals surface area contributed by atoms with Crippen LogP contribution in [-0.2, 0) is 14.4 Å². The van der Waals surface area contributed by atoms with Crippen molar-refractivity contribution in [1.29, 1.82) is 0 Å². The quantitative estimate of drug-likeness (QED) is 0.590. The van der Waals surface area contributed by atoms with E-state index >= 15 is 0 Å². The molecule has 0 atom stereocenters. The van der Waals surface area contributed by atoms with Crippen LogP contribution < -0.4 is 0 Å². The molecule has 3 N–H and O–H groups in total. The summed E-state index contributed by atoms with van der Waals surface area (Å²) in [6, 6.07) is 0. The van der Waals surface area contributed by atoms with Crippen LogP contribution in [-0.4, -0.2) is 33.2 Å². The SMILES string of the molecule is CC(=O)O.CC(=O)O.CC(=O)O.[Nd].